The van der Waals surface area contributed by atoms with Gasteiger partial charge in [-0.25, -0.2) is 0 Å². The highest BCUT2D eigenvalue weighted by molar-refractivity contribution is 5.23. The number of ether oxygens (including phenoxy) is 1. The van der Waals surface area contributed by atoms with Crippen LogP contribution in [0.25, 0.3) is 0 Å². The third-order valence-corrected chi connectivity index (χ3v) is 8.84. The number of epoxide rings is 1. The third-order valence-electron chi connectivity index (χ3n) is 8.84. The van der Waals surface area contributed by atoms with Crippen LogP contribution in [0, 0.1) is 28.6 Å². The molecule has 1 spiro atoms. The van der Waals surface area contributed by atoms with Crippen molar-refractivity contribution in [3.05, 3.63) is 0 Å². The molecular formula is C19H30O2. The predicted octanol–water partition coefficient (Wildman–Crippen LogP) is 3.91. The Balaban J connectivity index is 1.52. The van der Waals surface area contributed by atoms with Crippen molar-refractivity contribution in [1.82, 2.24) is 0 Å². The SMILES string of the molecule is C[C@@]12CCC[C@H]1[C@@H]1C[C@H]3O[C@]34C[C@@H](O)CC[C@]4(C)[C@H]1CC2. The molecule has 1 heterocycles. The van der Waals surface area contributed by atoms with Gasteiger partial charge in [0.25, 0.3) is 0 Å². The molecule has 4 saturated carbocycles. The summed E-state index contributed by atoms with van der Waals surface area (Å²) in [6, 6.07) is 0. The summed E-state index contributed by atoms with van der Waals surface area (Å²) in [5, 5.41) is 10.2. The molecule has 21 heavy (non-hydrogen) atoms. The summed E-state index contributed by atoms with van der Waals surface area (Å²) in [6.45, 7) is 5.09. The molecule has 4 aliphatic carbocycles. The zero-order valence-electron chi connectivity index (χ0n) is 13.6. The minimum absolute atomic E-state index is 0.0676. The molecule has 1 saturated heterocycles. The van der Waals surface area contributed by atoms with Crippen molar-refractivity contribution in [2.45, 2.75) is 89.4 Å². The number of hydrogen-bond acceptors (Lipinski definition) is 2. The minimum Gasteiger partial charge on any atom is -0.393 e. The van der Waals surface area contributed by atoms with Crippen LogP contribution in [0.15, 0.2) is 0 Å². The van der Waals surface area contributed by atoms with Crippen LogP contribution in [0.3, 0.4) is 0 Å². The average molecular weight is 290 g/mol. The molecule has 5 fully saturated rings. The molecule has 0 bridgehead atoms. The van der Waals surface area contributed by atoms with E-state index in [2.05, 4.69) is 13.8 Å². The summed E-state index contributed by atoms with van der Waals surface area (Å²) in [6.07, 6.45) is 12.0. The van der Waals surface area contributed by atoms with E-state index in [1.54, 1.807) is 0 Å². The normalized spacial score (nSPS) is 65.0. The van der Waals surface area contributed by atoms with Crippen molar-refractivity contribution in [2.24, 2.45) is 28.6 Å². The first-order valence-electron chi connectivity index (χ1n) is 9.34. The molecule has 1 N–H and O–H groups in total. The third kappa shape index (κ3) is 1.47. The van der Waals surface area contributed by atoms with Crippen molar-refractivity contribution in [2.75, 3.05) is 0 Å². The van der Waals surface area contributed by atoms with Crippen LogP contribution in [0.2, 0.25) is 0 Å². The highest BCUT2D eigenvalue weighted by atomic mass is 16.6. The Morgan fingerprint density at radius 3 is 2.71 bits per heavy atom. The van der Waals surface area contributed by atoms with Crippen molar-refractivity contribution in [1.29, 1.82) is 0 Å². The molecule has 0 aromatic carbocycles. The molecular weight excluding hydrogens is 260 g/mol. The largest absolute Gasteiger partial charge is 0.393 e. The lowest BCUT2D eigenvalue weighted by atomic mass is 9.45. The molecule has 8 atom stereocenters. The van der Waals surface area contributed by atoms with Gasteiger partial charge in [0.2, 0.25) is 0 Å². The van der Waals surface area contributed by atoms with E-state index in [1.165, 1.54) is 44.9 Å². The van der Waals surface area contributed by atoms with E-state index in [9.17, 15) is 5.11 Å². The lowest BCUT2D eigenvalue weighted by Crippen LogP contribution is -2.58. The highest BCUT2D eigenvalue weighted by Crippen LogP contribution is 2.73. The smallest absolute Gasteiger partial charge is 0.103 e. The second-order valence-electron chi connectivity index (χ2n) is 9.51. The van der Waals surface area contributed by atoms with Gasteiger partial charge in [-0.3, -0.25) is 0 Å². The molecule has 0 radical (unpaired) electrons. The van der Waals surface area contributed by atoms with Gasteiger partial charge < -0.3 is 9.84 Å². The molecule has 5 aliphatic rings. The Bertz CT molecular complexity index is 476. The van der Waals surface area contributed by atoms with Gasteiger partial charge in [-0.05, 0) is 68.1 Å². The van der Waals surface area contributed by atoms with E-state index in [4.69, 9.17) is 4.74 Å². The molecule has 1 aliphatic heterocycles. The van der Waals surface area contributed by atoms with E-state index in [0.717, 1.165) is 30.6 Å². The standard InChI is InChI=1S/C19H30O2/c1-17-7-3-4-14(17)13-10-16-19(21-16)11-12(20)5-9-18(19,2)15(13)6-8-17/h12-16,20H,3-11H2,1-2H3/t12-,13-,14-,15-,16+,17-,18+,19+/m0/s1. The second kappa shape index (κ2) is 3.87. The molecule has 5 rings (SSSR count). The number of fused-ring (bicyclic) bond motifs is 4. The van der Waals surface area contributed by atoms with Crippen LogP contribution in [0.5, 0.6) is 0 Å². The fourth-order valence-corrected chi connectivity index (χ4v) is 7.65. The van der Waals surface area contributed by atoms with Crippen LogP contribution in [0.4, 0.5) is 0 Å². The van der Waals surface area contributed by atoms with Gasteiger partial charge in [0.1, 0.15) is 5.60 Å². The zero-order chi connectivity index (χ0) is 14.5. The minimum atomic E-state index is -0.111. The Morgan fingerprint density at radius 2 is 1.86 bits per heavy atom. The lowest BCUT2D eigenvalue weighted by molar-refractivity contribution is -0.107. The monoisotopic (exact) mass is 290 g/mol. The Hall–Kier alpha value is -0.0800. The van der Waals surface area contributed by atoms with Gasteiger partial charge in [-0.2, -0.15) is 0 Å². The summed E-state index contributed by atoms with van der Waals surface area (Å²) < 4.78 is 6.36. The topological polar surface area (TPSA) is 32.8 Å². The van der Waals surface area contributed by atoms with E-state index in [0.29, 0.717) is 16.9 Å². The molecule has 0 aromatic heterocycles. The first-order valence-corrected chi connectivity index (χ1v) is 9.34. The molecule has 2 heteroatoms. The fourth-order valence-electron chi connectivity index (χ4n) is 7.65. The van der Waals surface area contributed by atoms with Gasteiger partial charge in [0.05, 0.1) is 12.2 Å². The first-order chi connectivity index (χ1) is 9.99. The van der Waals surface area contributed by atoms with E-state index >= 15 is 0 Å². The number of aliphatic hydroxyl groups is 1. The molecule has 0 aromatic rings. The lowest BCUT2D eigenvalue weighted by Gasteiger charge is -2.58. The van der Waals surface area contributed by atoms with Crippen LogP contribution in [-0.2, 0) is 4.74 Å². The quantitative estimate of drug-likeness (QED) is 0.686. The predicted molar refractivity (Wildman–Crippen MR) is 81.8 cm³/mol. The summed E-state index contributed by atoms with van der Waals surface area (Å²) in [5.74, 6) is 2.73. The Kier molecular flexibility index (Phi) is 2.46. The van der Waals surface area contributed by atoms with Crippen LogP contribution < -0.4 is 0 Å². The molecule has 118 valence electrons. The Labute approximate surface area is 128 Å². The van der Waals surface area contributed by atoms with Gasteiger partial charge in [0, 0.05) is 11.8 Å². The summed E-state index contributed by atoms with van der Waals surface area (Å²) in [7, 11) is 0. The van der Waals surface area contributed by atoms with Crippen molar-refractivity contribution in [3.63, 3.8) is 0 Å². The maximum absolute atomic E-state index is 10.2. The first kappa shape index (κ1) is 13.4. The van der Waals surface area contributed by atoms with Gasteiger partial charge in [-0.1, -0.05) is 20.3 Å². The van der Waals surface area contributed by atoms with E-state index in [1.807, 2.05) is 0 Å². The second-order valence-corrected chi connectivity index (χ2v) is 9.51. The van der Waals surface area contributed by atoms with E-state index in [-0.39, 0.29) is 11.7 Å². The fraction of sp³-hybridized carbons (Fsp3) is 1.00. The summed E-state index contributed by atoms with van der Waals surface area (Å²) in [5.41, 5.74) is 1.06. The van der Waals surface area contributed by atoms with Gasteiger partial charge in [-0.15, -0.1) is 0 Å². The molecule has 0 unspecified atom stereocenters. The van der Waals surface area contributed by atoms with Crippen LogP contribution >= 0.6 is 0 Å². The summed E-state index contributed by atoms with van der Waals surface area (Å²) >= 11 is 0. The highest BCUT2D eigenvalue weighted by Gasteiger charge is 2.75. The number of rotatable bonds is 0. The number of aliphatic hydroxyl groups excluding tert-OH is 1. The summed E-state index contributed by atoms with van der Waals surface area (Å²) in [4.78, 5) is 0. The van der Waals surface area contributed by atoms with E-state index < -0.39 is 0 Å². The molecule has 0 amide bonds. The average Bonchev–Trinajstić information content (AvgIpc) is 2.98. The van der Waals surface area contributed by atoms with Gasteiger partial charge in [0.15, 0.2) is 0 Å². The van der Waals surface area contributed by atoms with Gasteiger partial charge >= 0.3 is 0 Å². The molecule has 2 nitrogen and oxygen atoms in total. The number of hydrogen-bond donors (Lipinski definition) is 1. The van der Waals surface area contributed by atoms with Crippen LogP contribution in [0.1, 0.15) is 71.6 Å². The van der Waals surface area contributed by atoms with Crippen molar-refractivity contribution < 1.29 is 9.84 Å². The zero-order valence-corrected chi connectivity index (χ0v) is 13.6. The van der Waals surface area contributed by atoms with Crippen molar-refractivity contribution >= 4 is 0 Å². The maximum Gasteiger partial charge on any atom is 0.103 e. The Morgan fingerprint density at radius 1 is 1.00 bits per heavy atom. The maximum atomic E-state index is 10.2. The van der Waals surface area contributed by atoms with Crippen LogP contribution in [-0.4, -0.2) is 22.9 Å². The van der Waals surface area contributed by atoms with Crippen molar-refractivity contribution in [3.8, 4) is 0 Å².